The van der Waals surface area contributed by atoms with Crippen molar-refractivity contribution in [1.29, 1.82) is 0 Å². The van der Waals surface area contributed by atoms with Gasteiger partial charge in [-0.3, -0.25) is 9.78 Å². The van der Waals surface area contributed by atoms with Crippen molar-refractivity contribution in [3.05, 3.63) is 106 Å². The predicted octanol–water partition coefficient (Wildman–Crippen LogP) is 9.75. The lowest BCUT2D eigenvalue weighted by Gasteiger charge is -2.47. The van der Waals surface area contributed by atoms with E-state index in [1.54, 1.807) is 12.1 Å². The topological polar surface area (TPSA) is 97.8 Å². The molecular formula is C44H49ClN2O5. The third-order valence-corrected chi connectivity index (χ3v) is 12.4. The minimum atomic E-state index is -1.09. The van der Waals surface area contributed by atoms with Crippen molar-refractivity contribution in [2.45, 2.75) is 95.4 Å². The quantitative estimate of drug-likeness (QED) is 0.141. The molecule has 52 heavy (non-hydrogen) atoms. The molecule has 1 fully saturated rings. The monoisotopic (exact) mass is 720 g/mol. The minimum Gasteiger partial charge on any atom is -0.493 e. The first kappa shape index (κ1) is 36.0. The lowest BCUT2D eigenvalue weighted by atomic mass is 9.59. The Morgan fingerprint density at radius 3 is 2.67 bits per heavy atom. The van der Waals surface area contributed by atoms with Gasteiger partial charge in [0.2, 0.25) is 0 Å². The Morgan fingerprint density at radius 2 is 1.90 bits per heavy atom. The normalized spacial score (nSPS) is 24.1. The van der Waals surface area contributed by atoms with Gasteiger partial charge in [0.15, 0.2) is 6.29 Å². The summed E-state index contributed by atoms with van der Waals surface area (Å²) in [5.41, 5.74) is 7.88. The van der Waals surface area contributed by atoms with Crippen molar-refractivity contribution in [2.24, 2.45) is 11.8 Å². The van der Waals surface area contributed by atoms with Crippen molar-refractivity contribution in [3.63, 3.8) is 0 Å². The van der Waals surface area contributed by atoms with Crippen LogP contribution in [0, 0.1) is 18.8 Å². The van der Waals surface area contributed by atoms with Crippen molar-refractivity contribution in [2.75, 3.05) is 18.5 Å². The van der Waals surface area contributed by atoms with E-state index in [1.807, 2.05) is 42.6 Å². The number of hydrogen-bond donors (Lipinski definition) is 2. The summed E-state index contributed by atoms with van der Waals surface area (Å²) in [6.07, 6.45) is 10.4. The zero-order valence-corrected chi connectivity index (χ0v) is 31.2. The number of carbonyl (C=O) groups is 2. The van der Waals surface area contributed by atoms with Crippen LogP contribution in [-0.2, 0) is 27.8 Å². The molecule has 1 spiro atoms. The van der Waals surface area contributed by atoms with E-state index >= 15 is 0 Å². The molecule has 1 saturated carbocycles. The average molecular weight is 721 g/mol. The summed E-state index contributed by atoms with van der Waals surface area (Å²) < 4.78 is 12.3. The Labute approximate surface area is 312 Å². The van der Waals surface area contributed by atoms with Crippen LogP contribution in [0.15, 0.2) is 72.9 Å². The number of aryl methyl sites for hydroxylation is 2. The van der Waals surface area contributed by atoms with Crippen LogP contribution in [0.1, 0.15) is 92.7 Å². The highest BCUT2D eigenvalue weighted by Gasteiger charge is 2.54. The Bertz CT molecular complexity index is 1950. The average Bonchev–Trinajstić information content (AvgIpc) is 3.42. The summed E-state index contributed by atoms with van der Waals surface area (Å²) in [6.45, 7) is 7.30. The maximum Gasteiger partial charge on any atom is 0.329 e. The summed E-state index contributed by atoms with van der Waals surface area (Å²) in [6, 6.07) is 22.2. The van der Waals surface area contributed by atoms with Gasteiger partial charge in [0, 0.05) is 28.2 Å². The fraction of sp³-hybridized carbons (Fsp3) is 0.432. The first-order valence-electron chi connectivity index (χ1n) is 18.8. The minimum absolute atomic E-state index is 0.0105. The SMILES string of the molecule is Cc1ccc(OCC=O)cc1-c1ccc2c(c1)C1(CCC(Nc3cccc(Cl)c3)(C(=O)O)CC1)C(CC(C)COc1ccnc3c1[C@H](C)CCC3)C2. The van der Waals surface area contributed by atoms with Crippen LogP contribution in [0.3, 0.4) is 0 Å². The molecule has 272 valence electrons. The molecule has 7 nitrogen and oxygen atoms in total. The van der Waals surface area contributed by atoms with Crippen molar-refractivity contribution in [3.8, 4) is 22.6 Å². The van der Waals surface area contributed by atoms with Gasteiger partial charge < -0.3 is 19.9 Å². The molecule has 3 aliphatic carbocycles. The molecule has 3 atom stereocenters. The summed E-state index contributed by atoms with van der Waals surface area (Å²) in [4.78, 5) is 28.7. The fourth-order valence-corrected chi connectivity index (χ4v) is 9.59. The Kier molecular flexibility index (Phi) is 10.3. The van der Waals surface area contributed by atoms with Gasteiger partial charge in [0.1, 0.15) is 23.6 Å². The Balaban J connectivity index is 1.19. The molecule has 2 unspecified atom stereocenters. The largest absolute Gasteiger partial charge is 0.493 e. The number of aromatic nitrogens is 1. The van der Waals surface area contributed by atoms with E-state index in [9.17, 15) is 14.7 Å². The van der Waals surface area contributed by atoms with Crippen LogP contribution < -0.4 is 14.8 Å². The van der Waals surface area contributed by atoms with Crippen molar-refractivity contribution in [1.82, 2.24) is 4.98 Å². The highest BCUT2D eigenvalue weighted by Crippen LogP contribution is 2.57. The maximum atomic E-state index is 13.1. The van der Waals surface area contributed by atoms with Gasteiger partial charge in [-0.1, -0.05) is 55.8 Å². The predicted molar refractivity (Wildman–Crippen MR) is 206 cm³/mol. The second-order valence-electron chi connectivity index (χ2n) is 15.5. The molecule has 1 heterocycles. The number of carboxylic acid groups (broad SMARTS) is 1. The Hall–Kier alpha value is -4.36. The fourth-order valence-electron chi connectivity index (χ4n) is 9.40. The first-order chi connectivity index (χ1) is 25.1. The van der Waals surface area contributed by atoms with E-state index in [1.165, 1.54) is 28.8 Å². The number of benzene rings is 3. The first-order valence-corrected chi connectivity index (χ1v) is 19.2. The van der Waals surface area contributed by atoms with E-state index in [0.717, 1.165) is 72.9 Å². The molecule has 1 aromatic heterocycles. The van der Waals surface area contributed by atoms with E-state index in [0.29, 0.717) is 48.0 Å². The standard InChI is InChI=1S/C44H49ClN2O5/c1-28(27-52-40-14-19-46-39-9-4-6-30(3)41(39)40)22-33-23-32-12-11-31(37-26-36(51-21-20-48)13-10-29(37)2)24-38(32)43(33)15-17-44(18-16-43,42(49)50)47-35-8-5-7-34(45)25-35/h5,7-8,10-14,19-20,24-26,28,30,33,47H,4,6,9,15-18,21-23,27H2,1-3H3,(H,49,50)/t28?,30-,33?,43?,44?/m1/s1. The van der Waals surface area contributed by atoms with Crippen LogP contribution in [0.2, 0.25) is 5.02 Å². The molecular weight excluding hydrogens is 672 g/mol. The number of halogens is 1. The molecule has 0 bridgehead atoms. The second kappa shape index (κ2) is 14.9. The number of nitrogens with zero attached hydrogens (tertiary/aromatic N) is 1. The molecule has 0 aliphatic heterocycles. The van der Waals surface area contributed by atoms with Crippen molar-refractivity contribution >= 4 is 29.5 Å². The van der Waals surface area contributed by atoms with Gasteiger partial charge in [-0.05, 0) is 152 Å². The highest BCUT2D eigenvalue weighted by atomic mass is 35.5. The van der Waals surface area contributed by atoms with Crippen molar-refractivity contribution < 1.29 is 24.2 Å². The number of hydrogen-bond acceptors (Lipinski definition) is 6. The molecule has 7 rings (SSSR count). The van der Waals surface area contributed by atoms with E-state index in [-0.39, 0.29) is 12.0 Å². The van der Waals surface area contributed by atoms with Gasteiger partial charge in [-0.15, -0.1) is 0 Å². The number of pyridine rings is 1. The van der Waals surface area contributed by atoms with Gasteiger partial charge in [-0.25, -0.2) is 4.79 Å². The van der Waals surface area contributed by atoms with E-state index < -0.39 is 11.5 Å². The number of ether oxygens (including phenoxy) is 2. The number of carbonyl (C=O) groups excluding carboxylic acids is 1. The summed E-state index contributed by atoms with van der Waals surface area (Å²) >= 11 is 6.30. The highest BCUT2D eigenvalue weighted by molar-refractivity contribution is 6.30. The van der Waals surface area contributed by atoms with Crippen LogP contribution in [0.4, 0.5) is 5.69 Å². The zero-order chi connectivity index (χ0) is 36.5. The third kappa shape index (κ3) is 7.04. The molecule has 0 radical (unpaired) electrons. The van der Waals surface area contributed by atoms with Gasteiger partial charge in [-0.2, -0.15) is 0 Å². The number of rotatable bonds is 12. The lowest BCUT2D eigenvalue weighted by Crippen LogP contribution is -2.53. The molecule has 4 aromatic rings. The van der Waals surface area contributed by atoms with Crippen LogP contribution >= 0.6 is 11.6 Å². The number of aldehydes is 1. The maximum absolute atomic E-state index is 13.1. The number of nitrogens with one attached hydrogen (secondary N) is 1. The van der Waals surface area contributed by atoms with Gasteiger partial charge >= 0.3 is 5.97 Å². The third-order valence-electron chi connectivity index (χ3n) is 12.1. The number of carboxylic acids is 1. The Morgan fingerprint density at radius 1 is 1.08 bits per heavy atom. The number of anilines is 1. The molecule has 0 amide bonds. The lowest BCUT2D eigenvalue weighted by molar-refractivity contribution is -0.144. The van der Waals surface area contributed by atoms with Crippen LogP contribution in [0.5, 0.6) is 11.5 Å². The zero-order valence-electron chi connectivity index (χ0n) is 30.4. The van der Waals surface area contributed by atoms with Gasteiger partial charge in [0.05, 0.1) is 6.61 Å². The van der Waals surface area contributed by atoms with E-state index in [2.05, 4.69) is 49.3 Å². The summed E-state index contributed by atoms with van der Waals surface area (Å²) in [5, 5.41) is 14.7. The molecule has 3 aliphatic rings. The smallest absolute Gasteiger partial charge is 0.329 e. The summed E-state index contributed by atoms with van der Waals surface area (Å²) in [7, 11) is 0. The molecule has 0 saturated heterocycles. The molecule has 3 aromatic carbocycles. The number of fused-ring (bicyclic) bond motifs is 3. The van der Waals surface area contributed by atoms with Gasteiger partial charge in [0.25, 0.3) is 0 Å². The van der Waals surface area contributed by atoms with Crippen LogP contribution in [-0.4, -0.2) is 41.1 Å². The second-order valence-corrected chi connectivity index (χ2v) is 16.0. The number of aliphatic carboxylic acids is 1. The summed E-state index contributed by atoms with van der Waals surface area (Å²) in [5.74, 6) is 1.89. The van der Waals surface area contributed by atoms with E-state index in [4.69, 9.17) is 21.1 Å². The molecule has 2 N–H and O–H groups in total. The molecule has 8 heteroatoms. The van der Waals surface area contributed by atoms with Crippen LogP contribution in [0.25, 0.3) is 11.1 Å².